The van der Waals surface area contributed by atoms with Crippen molar-refractivity contribution in [3.8, 4) is 0 Å². The topological polar surface area (TPSA) is 62.2 Å². The Hall–Kier alpha value is -1.84. The third kappa shape index (κ3) is 2.58. The van der Waals surface area contributed by atoms with Crippen LogP contribution in [0.5, 0.6) is 0 Å². The van der Waals surface area contributed by atoms with Crippen LogP contribution in [0.25, 0.3) is 0 Å². The van der Waals surface area contributed by atoms with E-state index < -0.39 is 5.97 Å². The molecule has 1 rings (SSSR count). The standard InChI is InChI=1S/C10H12N2O2/c1-3-7(2)12-9-5-4-8(6-11-9)10(13)14/h3-7H,1H2,2H3,(H,11,12)(H,13,14). The average molecular weight is 192 g/mol. The lowest BCUT2D eigenvalue weighted by molar-refractivity contribution is 0.0696. The number of aromatic carboxylic acids is 1. The van der Waals surface area contributed by atoms with Gasteiger partial charge < -0.3 is 10.4 Å². The number of pyridine rings is 1. The summed E-state index contributed by atoms with van der Waals surface area (Å²) < 4.78 is 0. The van der Waals surface area contributed by atoms with E-state index in [4.69, 9.17) is 5.11 Å². The summed E-state index contributed by atoms with van der Waals surface area (Å²) in [6.45, 7) is 5.55. The van der Waals surface area contributed by atoms with Crippen molar-refractivity contribution in [1.29, 1.82) is 0 Å². The van der Waals surface area contributed by atoms with Gasteiger partial charge in [-0.3, -0.25) is 0 Å². The van der Waals surface area contributed by atoms with Crippen molar-refractivity contribution in [2.75, 3.05) is 5.32 Å². The van der Waals surface area contributed by atoms with E-state index in [1.54, 1.807) is 12.1 Å². The molecule has 0 saturated carbocycles. The summed E-state index contributed by atoms with van der Waals surface area (Å²) in [4.78, 5) is 14.5. The van der Waals surface area contributed by atoms with Gasteiger partial charge in [0.15, 0.2) is 0 Å². The highest BCUT2D eigenvalue weighted by atomic mass is 16.4. The molecule has 0 aliphatic heterocycles. The second kappa shape index (κ2) is 4.41. The Labute approximate surface area is 82.3 Å². The molecule has 1 aromatic heterocycles. The van der Waals surface area contributed by atoms with Crippen LogP contribution in [0.15, 0.2) is 31.0 Å². The average Bonchev–Trinajstić information content (AvgIpc) is 2.18. The predicted molar refractivity (Wildman–Crippen MR) is 54.5 cm³/mol. The second-order valence-corrected chi connectivity index (χ2v) is 2.91. The third-order valence-corrected chi connectivity index (χ3v) is 1.74. The molecule has 4 heteroatoms. The molecular weight excluding hydrogens is 180 g/mol. The van der Waals surface area contributed by atoms with Crippen molar-refractivity contribution < 1.29 is 9.90 Å². The van der Waals surface area contributed by atoms with Gasteiger partial charge in [-0.25, -0.2) is 9.78 Å². The number of hydrogen-bond acceptors (Lipinski definition) is 3. The summed E-state index contributed by atoms with van der Waals surface area (Å²) in [6.07, 6.45) is 3.06. The molecule has 0 fully saturated rings. The van der Waals surface area contributed by atoms with Crippen LogP contribution in [-0.4, -0.2) is 22.1 Å². The monoisotopic (exact) mass is 192 g/mol. The number of nitrogens with one attached hydrogen (secondary N) is 1. The van der Waals surface area contributed by atoms with Gasteiger partial charge in [0.1, 0.15) is 5.82 Å². The van der Waals surface area contributed by atoms with Crippen molar-refractivity contribution in [2.45, 2.75) is 13.0 Å². The minimum absolute atomic E-state index is 0.109. The van der Waals surface area contributed by atoms with Crippen molar-refractivity contribution in [3.05, 3.63) is 36.5 Å². The van der Waals surface area contributed by atoms with E-state index in [-0.39, 0.29) is 11.6 Å². The second-order valence-electron chi connectivity index (χ2n) is 2.91. The molecule has 0 aliphatic rings. The molecule has 1 atom stereocenters. The van der Waals surface area contributed by atoms with Gasteiger partial charge in [-0.05, 0) is 19.1 Å². The fourth-order valence-corrected chi connectivity index (χ4v) is 0.898. The van der Waals surface area contributed by atoms with Crippen LogP contribution in [0.1, 0.15) is 17.3 Å². The Morgan fingerprint density at radius 3 is 2.86 bits per heavy atom. The van der Waals surface area contributed by atoms with Gasteiger partial charge in [-0.2, -0.15) is 0 Å². The van der Waals surface area contributed by atoms with E-state index in [9.17, 15) is 4.79 Å². The first-order valence-corrected chi connectivity index (χ1v) is 4.22. The lowest BCUT2D eigenvalue weighted by Gasteiger charge is -2.09. The summed E-state index contributed by atoms with van der Waals surface area (Å²) >= 11 is 0. The first-order chi connectivity index (χ1) is 6.63. The van der Waals surface area contributed by atoms with Gasteiger partial charge in [0.25, 0.3) is 0 Å². The number of carboxylic acid groups (broad SMARTS) is 1. The molecule has 0 saturated heterocycles. The summed E-state index contributed by atoms with van der Waals surface area (Å²) in [7, 11) is 0. The molecule has 74 valence electrons. The largest absolute Gasteiger partial charge is 0.478 e. The molecule has 0 bridgehead atoms. The van der Waals surface area contributed by atoms with Crippen molar-refractivity contribution in [1.82, 2.24) is 4.98 Å². The normalized spacial score (nSPS) is 11.8. The maximum Gasteiger partial charge on any atom is 0.337 e. The predicted octanol–water partition coefficient (Wildman–Crippen LogP) is 1.77. The molecule has 14 heavy (non-hydrogen) atoms. The first kappa shape index (κ1) is 10.2. The smallest absolute Gasteiger partial charge is 0.337 e. The Balaban J connectivity index is 2.73. The molecular formula is C10H12N2O2. The highest BCUT2D eigenvalue weighted by Crippen LogP contribution is 2.06. The van der Waals surface area contributed by atoms with Crippen molar-refractivity contribution in [2.24, 2.45) is 0 Å². The molecule has 0 amide bonds. The first-order valence-electron chi connectivity index (χ1n) is 4.22. The molecule has 0 spiro atoms. The minimum atomic E-state index is -0.971. The highest BCUT2D eigenvalue weighted by Gasteiger charge is 2.03. The Bertz CT molecular complexity index is 332. The fraction of sp³-hybridized carbons (Fsp3) is 0.200. The Morgan fingerprint density at radius 2 is 2.43 bits per heavy atom. The SMILES string of the molecule is C=CC(C)Nc1ccc(C(=O)O)cn1. The summed E-state index contributed by atoms with van der Waals surface area (Å²) in [5.41, 5.74) is 0.182. The number of rotatable bonds is 4. The fourth-order valence-electron chi connectivity index (χ4n) is 0.898. The van der Waals surface area contributed by atoms with Crippen LogP contribution in [0, 0.1) is 0 Å². The quantitative estimate of drug-likeness (QED) is 0.713. The van der Waals surface area contributed by atoms with Crippen molar-refractivity contribution >= 4 is 11.8 Å². The van der Waals surface area contributed by atoms with E-state index in [0.717, 1.165) is 0 Å². The van der Waals surface area contributed by atoms with Gasteiger partial charge in [-0.15, -0.1) is 6.58 Å². The zero-order valence-electron chi connectivity index (χ0n) is 7.90. The molecule has 2 N–H and O–H groups in total. The Kier molecular flexibility index (Phi) is 3.23. The minimum Gasteiger partial charge on any atom is -0.478 e. The van der Waals surface area contributed by atoms with Gasteiger partial charge in [0.05, 0.1) is 5.56 Å². The zero-order chi connectivity index (χ0) is 10.6. The lowest BCUT2D eigenvalue weighted by Crippen LogP contribution is -2.12. The summed E-state index contributed by atoms with van der Waals surface area (Å²) in [5, 5.41) is 11.7. The van der Waals surface area contributed by atoms with Crippen LogP contribution in [0.4, 0.5) is 5.82 Å². The number of aromatic nitrogens is 1. The van der Waals surface area contributed by atoms with Gasteiger partial charge in [-0.1, -0.05) is 6.08 Å². The molecule has 1 aromatic rings. The van der Waals surface area contributed by atoms with Gasteiger partial charge in [0, 0.05) is 12.2 Å². The number of carboxylic acids is 1. The maximum absolute atomic E-state index is 10.5. The molecule has 0 radical (unpaired) electrons. The summed E-state index contributed by atoms with van der Waals surface area (Å²) in [6, 6.07) is 3.25. The van der Waals surface area contributed by atoms with Crippen LogP contribution >= 0.6 is 0 Å². The van der Waals surface area contributed by atoms with Crippen LogP contribution in [0.2, 0.25) is 0 Å². The third-order valence-electron chi connectivity index (χ3n) is 1.74. The van der Waals surface area contributed by atoms with E-state index >= 15 is 0 Å². The number of hydrogen-bond donors (Lipinski definition) is 2. The molecule has 4 nitrogen and oxygen atoms in total. The summed E-state index contributed by atoms with van der Waals surface area (Å²) in [5.74, 6) is -0.330. The van der Waals surface area contributed by atoms with E-state index in [1.165, 1.54) is 12.3 Å². The van der Waals surface area contributed by atoms with Crippen LogP contribution in [-0.2, 0) is 0 Å². The van der Waals surface area contributed by atoms with Crippen molar-refractivity contribution in [3.63, 3.8) is 0 Å². The number of carbonyl (C=O) groups is 1. The molecule has 0 aromatic carbocycles. The van der Waals surface area contributed by atoms with Gasteiger partial charge in [0.2, 0.25) is 0 Å². The molecule has 1 heterocycles. The highest BCUT2D eigenvalue weighted by molar-refractivity contribution is 5.87. The van der Waals surface area contributed by atoms with E-state index in [0.29, 0.717) is 5.82 Å². The maximum atomic E-state index is 10.5. The van der Waals surface area contributed by atoms with Gasteiger partial charge >= 0.3 is 5.97 Å². The Morgan fingerprint density at radius 1 is 1.71 bits per heavy atom. The number of anilines is 1. The number of nitrogens with zero attached hydrogens (tertiary/aromatic N) is 1. The molecule has 1 unspecified atom stereocenters. The van der Waals surface area contributed by atoms with Crippen LogP contribution < -0.4 is 5.32 Å². The molecule has 0 aliphatic carbocycles. The van der Waals surface area contributed by atoms with E-state index in [1.807, 2.05) is 6.92 Å². The van der Waals surface area contributed by atoms with E-state index in [2.05, 4.69) is 16.9 Å². The zero-order valence-corrected chi connectivity index (χ0v) is 7.90. The van der Waals surface area contributed by atoms with Crippen LogP contribution in [0.3, 0.4) is 0 Å². The lowest BCUT2D eigenvalue weighted by atomic mass is 10.3.